The summed E-state index contributed by atoms with van der Waals surface area (Å²) in [6.45, 7) is 3.86. The molecule has 2 aliphatic carbocycles. The Kier molecular flexibility index (Phi) is 7.10. The fraction of sp³-hybridized carbons (Fsp3) is 0.630. The zero-order valence-corrected chi connectivity index (χ0v) is 20.6. The molecule has 2 saturated heterocycles. The number of nitrogens with zero attached hydrogens (tertiary/aromatic N) is 3. The van der Waals surface area contributed by atoms with Crippen LogP contribution in [0.3, 0.4) is 0 Å². The molecule has 0 aromatic heterocycles. The summed E-state index contributed by atoms with van der Waals surface area (Å²) in [5.74, 6) is -0.130. The Bertz CT molecular complexity index is 941. The lowest BCUT2D eigenvalue weighted by atomic mass is 9.94. The van der Waals surface area contributed by atoms with E-state index in [0.717, 1.165) is 67.9 Å². The monoisotopic (exact) mass is 469 g/mol. The smallest absolute Gasteiger partial charge is 0.266 e. The molecular formula is C27H36FN3OS. The fourth-order valence-corrected chi connectivity index (χ4v) is 6.88. The van der Waals surface area contributed by atoms with Crippen molar-refractivity contribution < 1.29 is 9.18 Å². The number of hydrogen-bond donors (Lipinski definition) is 0. The summed E-state index contributed by atoms with van der Waals surface area (Å²) >= 11 is 1.51. The summed E-state index contributed by atoms with van der Waals surface area (Å²) in [5.41, 5.74) is 2.51. The van der Waals surface area contributed by atoms with Gasteiger partial charge in [0.25, 0.3) is 5.91 Å². The summed E-state index contributed by atoms with van der Waals surface area (Å²) in [7, 11) is 0. The van der Waals surface area contributed by atoms with Crippen molar-refractivity contribution in [3.63, 3.8) is 0 Å². The number of rotatable bonds is 4. The van der Waals surface area contributed by atoms with Gasteiger partial charge in [0.05, 0.1) is 16.6 Å². The van der Waals surface area contributed by atoms with E-state index in [1.165, 1.54) is 50.3 Å². The normalized spacial score (nSPS) is 25.7. The molecule has 2 saturated carbocycles. The third-order valence-electron chi connectivity index (χ3n) is 7.71. The minimum absolute atomic E-state index is 0.0601. The molecule has 2 aliphatic heterocycles. The summed E-state index contributed by atoms with van der Waals surface area (Å²) < 4.78 is 15.0. The molecule has 5 rings (SSSR count). The molecule has 33 heavy (non-hydrogen) atoms. The second-order valence-electron chi connectivity index (χ2n) is 10.1. The number of amidine groups is 1. The predicted molar refractivity (Wildman–Crippen MR) is 136 cm³/mol. The first-order chi connectivity index (χ1) is 16.1. The lowest BCUT2D eigenvalue weighted by Crippen LogP contribution is -2.41. The number of carbonyl (C=O) groups excluding carboxylic acids is 1. The van der Waals surface area contributed by atoms with Crippen molar-refractivity contribution in [3.05, 3.63) is 34.0 Å². The maximum Gasteiger partial charge on any atom is 0.266 e. The van der Waals surface area contributed by atoms with Crippen molar-refractivity contribution in [2.75, 3.05) is 18.0 Å². The molecule has 6 heteroatoms. The van der Waals surface area contributed by atoms with E-state index < -0.39 is 0 Å². The van der Waals surface area contributed by atoms with Crippen molar-refractivity contribution in [1.29, 1.82) is 0 Å². The van der Waals surface area contributed by atoms with Gasteiger partial charge in [-0.3, -0.25) is 14.7 Å². The maximum atomic E-state index is 15.0. The summed E-state index contributed by atoms with van der Waals surface area (Å²) in [5, 5.41) is 0.886. The van der Waals surface area contributed by atoms with Crippen LogP contribution in [0.2, 0.25) is 0 Å². The van der Waals surface area contributed by atoms with Crippen molar-refractivity contribution in [3.8, 4) is 0 Å². The van der Waals surface area contributed by atoms with Crippen LogP contribution in [0.4, 0.5) is 10.1 Å². The Morgan fingerprint density at radius 3 is 2.33 bits per heavy atom. The van der Waals surface area contributed by atoms with Crippen LogP contribution in [-0.4, -0.2) is 41.1 Å². The molecule has 0 N–H and O–H groups in total. The summed E-state index contributed by atoms with van der Waals surface area (Å²) in [6.07, 6.45) is 15.9. The average molecular weight is 470 g/mol. The standard InChI is InChI=1S/C27H36FN3OS/c1-19-16-24(30-14-8-9-15-30)23(28)17-20(19)18-25-26(32)31(22-12-6-3-7-13-22)27(33-25)29-21-10-4-2-5-11-21/h16-18,21-22H,2-15H2,1H3. The van der Waals surface area contributed by atoms with Gasteiger partial charge < -0.3 is 4.90 Å². The number of hydrogen-bond acceptors (Lipinski definition) is 4. The van der Waals surface area contributed by atoms with Gasteiger partial charge in [-0.15, -0.1) is 0 Å². The summed E-state index contributed by atoms with van der Waals surface area (Å²) in [6, 6.07) is 4.15. The van der Waals surface area contributed by atoms with E-state index in [2.05, 4.69) is 4.90 Å². The van der Waals surface area contributed by atoms with Crippen LogP contribution in [-0.2, 0) is 4.79 Å². The van der Waals surface area contributed by atoms with Crippen LogP contribution in [0.25, 0.3) is 6.08 Å². The third kappa shape index (κ3) is 5.01. The number of thioether (sulfide) groups is 1. The number of amides is 1. The molecule has 1 aromatic carbocycles. The second-order valence-corrected chi connectivity index (χ2v) is 11.1. The highest BCUT2D eigenvalue weighted by molar-refractivity contribution is 8.18. The van der Waals surface area contributed by atoms with Crippen LogP contribution in [0.5, 0.6) is 0 Å². The van der Waals surface area contributed by atoms with Crippen LogP contribution in [0, 0.1) is 12.7 Å². The molecule has 0 bridgehead atoms. The van der Waals surface area contributed by atoms with Gasteiger partial charge in [-0.25, -0.2) is 4.39 Å². The highest BCUT2D eigenvalue weighted by Crippen LogP contribution is 2.39. The van der Waals surface area contributed by atoms with Crippen molar-refractivity contribution >= 4 is 34.6 Å². The first-order valence-electron chi connectivity index (χ1n) is 13.0. The number of anilines is 1. The van der Waals surface area contributed by atoms with Crippen molar-refractivity contribution in [2.45, 2.75) is 96.1 Å². The van der Waals surface area contributed by atoms with Crippen LogP contribution >= 0.6 is 11.8 Å². The van der Waals surface area contributed by atoms with Gasteiger partial charge in [0, 0.05) is 19.1 Å². The van der Waals surface area contributed by atoms with Gasteiger partial charge >= 0.3 is 0 Å². The molecule has 178 valence electrons. The highest BCUT2D eigenvalue weighted by atomic mass is 32.2. The molecule has 0 spiro atoms. The Hall–Kier alpha value is -1.82. The minimum atomic E-state index is -0.190. The lowest BCUT2D eigenvalue weighted by Gasteiger charge is -2.31. The minimum Gasteiger partial charge on any atom is -0.369 e. The molecule has 1 amide bonds. The highest BCUT2D eigenvalue weighted by Gasteiger charge is 2.39. The molecule has 0 radical (unpaired) electrons. The van der Waals surface area contributed by atoms with Gasteiger partial charge in [-0.2, -0.15) is 0 Å². The molecule has 2 heterocycles. The van der Waals surface area contributed by atoms with E-state index in [1.54, 1.807) is 6.07 Å². The molecule has 1 aromatic rings. The van der Waals surface area contributed by atoms with E-state index in [0.29, 0.717) is 16.6 Å². The Morgan fingerprint density at radius 1 is 0.970 bits per heavy atom. The zero-order valence-electron chi connectivity index (χ0n) is 19.8. The number of aliphatic imine (C=N–C) groups is 1. The lowest BCUT2D eigenvalue weighted by molar-refractivity contribution is -0.124. The first-order valence-corrected chi connectivity index (χ1v) is 13.8. The van der Waals surface area contributed by atoms with Gasteiger partial charge in [0.1, 0.15) is 5.82 Å². The first kappa shape index (κ1) is 22.9. The SMILES string of the molecule is Cc1cc(N2CCCC2)c(F)cc1C=C1SC(=NC2CCCCC2)N(C2CCCCC2)C1=O. The maximum absolute atomic E-state index is 15.0. The molecular weight excluding hydrogens is 433 g/mol. The molecule has 4 aliphatic rings. The van der Waals surface area contributed by atoms with Crippen molar-refractivity contribution in [1.82, 2.24) is 4.90 Å². The van der Waals surface area contributed by atoms with Crippen LogP contribution < -0.4 is 4.90 Å². The van der Waals surface area contributed by atoms with E-state index in [9.17, 15) is 4.79 Å². The molecule has 0 atom stereocenters. The number of aryl methyl sites for hydroxylation is 1. The third-order valence-corrected chi connectivity index (χ3v) is 8.71. The summed E-state index contributed by atoms with van der Waals surface area (Å²) in [4.78, 5) is 23.5. The van der Waals surface area contributed by atoms with Crippen LogP contribution in [0.1, 0.15) is 88.2 Å². The van der Waals surface area contributed by atoms with E-state index in [4.69, 9.17) is 4.99 Å². The fourth-order valence-electron chi connectivity index (χ4n) is 5.78. The average Bonchev–Trinajstić information content (AvgIpc) is 3.46. The zero-order chi connectivity index (χ0) is 22.8. The topological polar surface area (TPSA) is 35.9 Å². The van der Waals surface area contributed by atoms with E-state index in [1.807, 2.05) is 24.0 Å². The van der Waals surface area contributed by atoms with E-state index >= 15 is 4.39 Å². The number of halogens is 1. The van der Waals surface area contributed by atoms with Crippen LogP contribution in [0.15, 0.2) is 22.0 Å². The Balaban J connectivity index is 1.44. The second kappa shape index (κ2) is 10.2. The van der Waals surface area contributed by atoms with Crippen molar-refractivity contribution in [2.24, 2.45) is 4.99 Å². The molecule has 4 nitrogen and oxygen atoms in total. The van der Waals surface area contributed by atoms with Gasteiger partial charge in [-0.05, 0) is 86.5 Å². The molecule has 0 unspecified atom stereocenters. The number of carbonyl (C=O) groups is 1. The Labute approximate surface area is 201 Å². The predicted octanol–water partition coefficient (Wildman–Crippen LogP) is 6.67. The van der Waals surface area contributed by atoms with Gasteiger partial charge in [0.15, 0.2) is 5.17 Å². The Morgan fingerprint density at radius 2 is 1.64 bits per heavy atom. The largest absolute Gasteiger partial charge is 0.369 e. The quantitative estimate of drug-likeness (QED) is 0.462. The number of benzene rings is 1. The van der Waals surface area contributed by atoms with Gasteiger partial charge in [0.2, 0.25) is 0 Å². The molecule has 4 fully saturated rings. The van der Waals surface area contributed by atoms with E-state index in [-0.39, 0.29) is 17.8 Å². The van der Waals surface area contributed by atoms with Gasteiger partial charge in [-0.1, -0.05) is 38.5 Å².